The molecule has 0 bridgehead atoms. The number of nitrogens with one attached hydrogen (secondary N) is 1. The van der Waals surface area contributed by atoms with E-state index >= 15 is 0 Å². The first-order chi connectivity index (χ1) is 12.8. The molecule has 2 aliphatic rings. The van der Waals surface area contributed by atoms with Gasteiger partial charge >= 0.3 is 0 Å². The standard InChI is InChI=1S/C17H20N6OS2/c18-9-13-12-7-4-8-14(12)26-16(13)19-15(24)10-25-17-20-21-22-23(17)11-5-2-1-3-6-11/h11H,1-8,10H2,(H,19,24). The molecule has 1 amide bonds. The average molecular weight is 389 g/mol. The van der Waals surface area contributed by atoms with Crippen molar-refractivity contribution in [3.8, 4) is 6.07 Å². The number of anilines is 1. The Kier molecular flexibility index (Phi) is 5.22. The lowest BCUT2D eigenvalue weighted by Crippen LogP contribution is -2.17. The molecule has 26 heavy (non-hydrogen) atoms. The highest BCUT2D eigenvalue weighted by Gasteiger charge is 2.24. The second-order valence-electron chi connectivity index (χ2n) is 6.71. The van der Waals surface area contributed by atoms with E-state index in [1.54, 1.807) is 11.3 Å². The summed E-state index contributed by atoms with van der Waals surface area (Å²) in [6, 6.07) is 2.60. The van der Waals surface area contributed by atoms with Crippen molar-refractivity contribution in [2.24, 2.45) is 0 Å². The molecule has 136 valence electrons. The minimum atomic E-state index is -0.121. The number of hydrogen-bond donors (Lipinski definition) is 1. The number of rotatable bonds is 5. The maximum atomic E-state index is 12.4. The topological polar surface area (TPSA) is 96.5 Å². The van der Waals surface area contributed by atoms with E-state index in [0.717, 1.165) is 37.7 Å². The molecule has 0 aromatic carbocycles. The quantitative estimate of drug-likeness (QED) is 0.789. The van der Waals surface area contributed by atoms with Crippen molar-refractivity contribution in [3.05, 3.63) is 16.0 Å². The molecular weight excluding hydrogens is 368 g/mol. The van der Waals surface area contributed by atoms with Gasteiger partial charge < -0.3 is 5.32 Å². The van der Waals surface area contributed by atoms with Crippen molar-refractivity contribution in [1.82, 2.24) is 20.2 Å². The van der Waals surface area contributed by atoms with E-state index in [1.165, 1.54) is 35.9 Å². The van der Waals surface area contributed by atoms with Crippen LogP contribution in [0.2, 0.25) is 0 Å². The molecule has 1 fully saturated rings. The first-order valence-electron chi connectivity index (χ1n) is 9.01. The Balaban J connectivity index is 1.38. The van der Waals surface area contributed by atoms with Crippen LogP contribution >= 0.6 is 23.1 Å². The number of thiophene rings is 1. The van der Waals surface area contributed by atoms with Gasteiger partial charge in [-0.1, -0.05) is 31.0 Å². The Bertz CT molecular complexity index is 846. The van der Waals surface area contributed by atoms with Crippen molar-refractivity contribution in [2.45, 2.75) is 62.6 Å². The molecule has 0 spiro atoms. The molecule has 2 aromatic rings. The van der Waals surface area contributed by atoms with Gasteiger partial charge in [-0.3, -0.25) is 4.79 Å². The molecule has 1 saturated carbocycles. The van der Waals surface area contributed by atoms with E-state index in [2.05, 4.69) is 26.9 Å². The zero-order valence-corrected chi connectivity index (χ0v) is 16.0. The molecule has 0 unspecified atom stereocenters. The van der Waals surface area contributed by atoms with E-state index in [9.17, 15) is 10.1 Å². The highest BCUT2D eigenvalue weighted by molar-refractivity contribution is 7.99. The van der Waals surface area contributed by atoms with E-state index in [1.807, 2.05) is 4.68 Å². The molecule has 0 saturated heterocycles. The number of thioether (sulfide) groups is 1. The van der Waals surface area contributed by atoms with Gasteiger partial charge in [-0.2, -0.15) is 5.26 Å². The van der Waals surface area contributed by atoms with E-state index in [0.29, 0.717) is 21.8 Å². The normalized spacial score (nSPS) is 17.0. The minimum absolute atomic E-state index is 0.121. The summed E-state index contributed by atoms with van der Waals surface area (Å²) >= 11 is 2.90. The zero-order valence-electron chi connectivity index (χ0n) is 14.4. The van der Waals surface area contributed by atoms with Crippen molar-refractivity contribution >= 4 is 34.0 Å². The number of amides is 1. The predicted octanol–water partition coefficient (Wildman–Crippen LogP) is 3.33. The summed E-state index contributed by atoms with van der Waals surface area (Å²) < 4.78 is 1.87. The van der Waals surface area contributed by atoms with Crippen LogP contribution in [0.3, 0.4) is 0 Å². The van der Waals surface area contributed by atoms with Crippen molar-refractivity contribution in [3.63, 3.8) is 0 Å². The fraction of sp³-hybridized carbons (Fsp3) is 0.588. The lowest BCUT2D eigenvalue weighted by Gasteiger charge is -2.21. The van der Waals surface area contributed by atoms with Crippen LogP contribution in [0.25, 0.3) is 0 Å². The fourth-order valence-corrected chi connectivity index (χ4v) is 5.74. The Morgan fingerprint density at radius 2 is 2.15 bits per heavy atom. The smallest absolute Gasteiger partial charge is 0.235 e. The summed E-state index contributed by atoms with van der Waals surface area (Å²) in [6.45, 7) is 0. The Labute approximate surface area is 160 Å². The average Bonchev–Trinajstić information content (AvgIpc) is 3.36. The van der Waals surface area contributed by atoms with E-state index in [-0.39, 0.29) is 11.7 Å². The second-order valence-corrected chi connectivity index (χ2v) is 8.76. The lowest BCUT2D eigenvalue weighted by atomic mass is 9.96. The molecule has 2 aromatic heterocycles. The van der Waals surface area contributed by atoms with Gasteiger partial charge in [-0.15, -0.1) is 16.4 Å². The van der Waals surface area contributed by atoms with Crippen LogP contribution in [0.4, 0.5) is 5.00 Å². The first kappa shape index (κ1) is 17.5. The third kappa shape index (κ3) is 3.48. The highest BCUT2D eigenvalue weighted by Crippen LogP contribution is 2.38. The van der Waals surface area contributed by atoms with Gasteiger partial charge in [0.25, 0.3) is 0 Å². The monoisotopic (exact) mass is 388 g/mol. The van der Waals surface area contributed by atoms with Gasteiger partial charge in [0.2, 0.25) is 11.1 Å². The van der Waals surface area contributed by atoms with Crippen LogP contribution < -0.4 is 5.32 Å². The van der Waals surface area contributed by atoms with Gasteiger partial charge in [-0.05, 0) is 48.1 Å². The largest absolute Gasteiger partial charge is 0.316 e. The summed E-state index contributed by atoms with van der Waals surface area (Å²) in [6.07, 6.45) is 8.92. The van der Waals surface area contributed by atoms with Crippen LogP contribution in [0.15, 0.2) is 5.16 Å². The van der Waals surface area contributed by atoms with Gasteiger partial charge in [0.15, 0.2) is 0 Å². The molecule has 2 aliphatic carbocycles. The Morgan fingerprint density at radius 3 is 2.96 bits per heavy atom. The zero-order chi connectivity index (χ0) is 17.9. The minimum Gasteiger partial charge on any atom is -0.316 e. The third-order valence-electron chi connectivity index (χ3n) is 5.00. The number of hydrogen-bond acceptors (Lipinski definition) is 7. The number of nitriles is 1. The van der Waals surface area contributed by atoms with Crippen LogP contribution in [0.5, 0.6) is 0 Å². The molecule has 0 atom stereocenters. The molecule has 0 radical (unpaired) electrons. The molecule has 9 heteroatoms. The fourth-order valence-electron chi connectivity index (χ4n) is 3.74. The van der Waals surface area contributed by atoms with E-state index in [4.69, 9.17) is 0 Å². The number of carbonyl (C=O) groups excluding carboxylic acids is 1. The molecular formula is C17H20N6OS2. The number of aromatic nitrogens is 4. The summed E-state index contributed by atoms with van der Waals surface area (Å²) in [5, 5.41) is 25.7. The number of tetrazole rings is 1. The Morgan fingerprint density at radius 1 is 1.31 bits per heavy atom. The van der Waals surface area contributed by atoms with Crippen LogP contribution in [0.1, 0.15) is 60.6 Å². The molecule has 2 heterocycles. The molecule has 4 rings (SSSR count). The van der Waals surface area contributed by atoms with Crippen LogP contribution in [-0.2, 0) is 17.6 Å². The summed E-state index contributed by atoms with van der Waals surface area (Å²) in [7, 11) is 0. The van der Waals surface area contributed by atoms with Gasteiger partial charge in [0.05, 0.1) is 17.4 Å². The van der Waals surface area contributed by atoms with Crippen molar-refractivity contribution in [1.29, 1.82) is 5.26 Å². The first-order valence-corrected chi connectivity index (χ1v) is 10.8. The molecule has 1 N–H and O–H groups in total. The van der Waals surface area contributed by atoms with Gasteiger partial charge in [-0.25, -0.2) is 4.68 Å². The number of nitrogens with zero attached hydrogens (tertiary/aromatic N) is 5. The van der Waals surface area contributed by atoms with Crippen molar-refractivity contribution in [2.75, 3.05) is 11.1 Å². The van der Waals surface area contributed by atoms with Gasteiger partial charge in [0, 0.05) is 4.88 Å². The third-order valence-corrected chi connectivity index (χ3v) is 7.14. The van der Waals surface area contributed by atoms with E-state index < -0.39 is 0 Å². The van der Waals surface area contributed by atoms with Gasteiger partial charge in [0.1, 0.15) is 11.1 Å². The molecule has 0 aliphatic heterocycles. The Hall–Kier alpha value is -1.92. The highest BCUT2D eigenvalue weighted by atomic mass is 32.2. The SMILES string of the molecule is N#Cc1c(NC(=O)CSc2nnnn2C2CCCCC2)sc2c1CCC2. The maximum absolute atomic E-state index is 12.4. The predicted molar refractivity (Wildman–Crippen MR) is 100 cm³/mol. The van der Waals surface area contributed by atoms with Crippen molar-refractivity contribution < 1.29 is 4.79 Å². The number of carbonyl (C=O) groups is 1. The summed E-state index contributed by atoms with van der Waals surface area (Å²) in [5.41, 5.74) is 1.77. The maximum Gasteiger partial charge on any atom is 0.235 e. The van der Waals surface area contributed by atoms with Crippen LogP contribution in [-0.4, -0.2) is 31.9 Å². The lowest BCUT2D eigenvalue weighted by molar-refractivity contribution is -0.113. The number of fused-ring (bicyclic) bond motifs is 1. The second kappa shape index (κ2) is 7.76. The summed E-state index contributed by atoms with van der Waals surface area (Å²) in [5.74, 6) is 0.116. The number of aryl methyl sites for hydroxylation is 1. The van der Waals surface area contributed by atoms with Crippen LogP contribution in [0, 0.1) is 11.3 Å². The molecule has 7 nitrogen and oxygen atoms in total. The summed E-state index contributed by atoms with van der Waals surface area (Å²) in [4.78, 5) is 13.6.